The third-order valence-corrected chi connectivity index (χ3v) is 14.6. The number of unbranched alkanes of at least 4 members (excludes halogenated alkanes) is 34. The molecule has 0 aliphatic carbocycles. The van der Waals surface area contributed by atoms with Crippen LogP contribution in [-0.4, -0.2) is 99.4 Å². The topological polar surface area (TPSA) is 153 Å². The summed E-state index contributed by atoms with van der Waals surface area (Å²) >= 11 is 5.35. The van der Waals surface area contributed by atoms with E-state index in [9.17, 15) is 25.5 Å². The molecule has 0 radical (unpaired) electrons. The van der Waals surface area contributed by atoms with Gasteiger partial charge in [0.25, 0.3) is 5.17 Å². The van der Waals surface area contributed by atoms with Crippen LogP contribution in [-0.2, 0) is 14.2 Å². The van der Waals surface area contributed by atoms with Gasteiger partial charge < -0.3 is 50.4 Å². The molecule has 8 atom stereocenters. The quantitative estimate of drug-likeness (QED) is 0.0247. The summed E-state index contributed by atoms with van der Waals surface area (Å²) in [6, 6.07) is 7.01. The Morgan fingerprint density at radius 2 is 1.00 bits per heavy atom. The fourth-order valence-corrected chi connectivity index (χ4v) is 9.90. The lowest BCUT2D eigenvalue weighted by atomic mass is 9.98. The number of nitrogens with one attached hydrogen (secondary N) is 2. The van der Waals surface area contributed by atoms with Crippen molar-refractivity contribution in [3.05, 3.63) is 29.8 Å². The van der Waals surface area contributed by atoms with Crippen LogP contribution in [0.1, 0.15) is 257 Å². The smallest absolute Gasteiger partial charge is 0.261 e. The number of hydrogen-bond acceptors (Lipinski definition) is 10. The largest absolute Gasteiger partial charge is 0.468 e. The Balaban J connectivity index is 1.68. The second-order valence-corrected chi connectivity index (χ2v) is 21.2. The highest BCUT2D eigenvalue weighted by Gasteiger charge is 2.45. The van der Waals surface area contributed by atoms with Crippen LogP contribution in [0.4, 0.5) is 5.69 Å². The van der Waals surface area contributed by atoms with Crippen molar-refractivity contribution < 1.29 is 39.7 Å². The molecule has 1 saturated heterocycles. The van der Waals surface area contributed by atoms with Gasteiger partial charge in [-0.05, 0) is 56.2 Å². The van der Waals surface area contributed by atoms with Gasteiger partial charge in [-0.1, -0.05) is 251 Å². The Hall–Kier alpha value is -1.41. The van der Waals surface area contributed by atoms with Crippen molar-refractivity contribution in [2.45, 2.75) is 307 Å². The summed E-state index contributed by atoms with van der Waals surface area (Å²) in [7, 11) is 0. The number of aliphatic hydroxyl groups is 5. The number of benzene rings is 1. The lowest BCUT2D eigenvalue weighted by Crippen LogP contribution is -2.60. The Morgan fingerprint density at radius 3 is 1.43 bits per heavy atom. The van der Waals surface area contributed by atoms with Gasteiger partial charge in [-0.15, -0.1) is 0 Å². The zero-order valence-corrected chi connectivity index (χ0v) is 45.4. The molecule has 69 heavy (non-hydrogen) atoms. The molecule has 1 aromatic carbocycles. The maximum absolute atomic E-state index is 11.4. The summed E-state index contributed by atoms with van der Waals surface area (Å²) in [5.41, 5.74) is 1.81. The van der Waals surface area contributed by atoms with Crippen molar-refractivity contribution in [3.63, 3.8) is 0 Å². The predicted octanol–water partition coefficient (Wildman–Crippen LogP) is 13.7. The second kappa shape index (κ2) is 44.1. The van der Waals surface area contributed by atoms with E-state index in [1.807, 2.05) is 31.2 Å². The van der Waals surface area contributed by atoms with Gasteiger partial charge in [-0.2, -0.15) is 0 Å². The molecule has 2 rings (SSSR count). The molecule has 1 aliphatic heterocycles. The van der Waals surface area contributed by atoms with Crippen molar-refractivity contribution >= 4 is 23.1 Å². The third-order valence-electron chi connectivity index (χ3n) is 14.3. The van der Waals surface area contributed by atoms with Gasteiger partial charge in [0.1, 0.15) is 31.0 Å². The summed E-state index contributed by atoms with van der Waals surface area (Å²) in [6.45, 7) is 6.89. The molecule has 0 spiro atoms. The van der Waals surface area contributed by atoms with Crippen molar-refractivity contribution in [1.82, 2.24) is 5.32 Å². The Bertz CT molecular complexity index is 1310. The minimum atomic E-state index is -1.55. The van der Waals surface area contributed by atoms with Crippen molar-refractivity contribution in [2.24, 2.45) is 0 Å². The molecule has 0 saturated carbocycles. The van der Waals surface area contributed by atoms with Crippen LogP contribution < -0.4 is 10.6 Å². The molecule has 1 fully saturated rings. The normalized spacial score (nSPS) is 19.7. The van der Waals surface area contributed by atoms with E-state index in [2.05, 4.69) is 24.5 Å². The molecule has 0 unspecified atom stereocenters. The first-order valence-electron chi connectivity index (χ1n) is 29.1. The molecule has 404 valence electrons. The van der Waals surface area contributed by atoms with Crippen molar-refractivity contribution in [2.75, 3.05) is 25.1 Å². The highest BCUT2D eigenvalue weighted by atomic mass is 32.1. The lowest BCUT2D eigenvalue weighted by molar-refractivity contribution is -0.302. The van der Waals surface area contributed by atoms with Gasteiger partial charge in [0, 0.05) is 5.69 Å². The van der Waals surface area contributed by atoms with E-state index in [-0.39, 0.29) is 18.4 Å². The zero-order chi connectivity index (χ0) is 50.0. The molecule has 0 bridgehead atoms. The van der Waals surface area contributed by atoms with Gasteiger partial charge in [0.15, 0.2) is 6.29 Å². The molecule has 1 aliphatic rings. The van der Waals surface area contributed by atoms with E-state index in [0.29, 0.717) is 13.0 Å². The summed E-state index contributed by atoms with van der Waals surface area (Å²) in [5, 5.41) is 61.5. The molecule has 11 heteroatoms. The Morgan fingerprint density at radius 1 is 0.580 bits per heavy atom. The summed E-state index contributed by atoms with van der Waals surface area (Å²) < 4.78 is 17.6. The number of anilines is 1. The predicted molar refractivity (Wildman–Crippen MR) is 292 cm³/mol. The number of rotatable bonds is 47. The number of aryl methyl sites for hydroxylation is 1. The first-order chi connectivity index (χ1) is 33.7. The standard InChI is InChI=1S/C58H108N2O8S/c1-4-6-8-10-12-14-16-18-19-20-21-22-23-24-25-26-27-28-29-31-33-35-37-39-44-59-50(53(62)51(61)43-38-36-34-32-30-17-15-13-11-9-7-5-2)46-66-57-56(65)55(64)54(63)52(68-57)47-67-58(69)60-49-42-40-41-48(3)45-49/h40-42,45,50-57,59,61-65H,4-39,43-44,46-47H2,1-3H3,(H,60,69)/t50-,51+,52+,53-,54-,55-,56+,57+/m0/s1. The van der Waals surface area contributed by atoms with Crippen LogP contribution in [0.3, 0.4) is 0 Å². The maximum Gasteiger partial charge on any atom is 0.261 e. The summed E-state index contributed by atoms with van der Waals surface area (Å²) in [5.74, 6) is 0. The van der Waals surface area contributed by atoms with Crippen LogP contribution >= 0.6 is 12.2 Å². The van der Waals surface area contributed by atoms with Crippen molar-refractivity contribution in [3.8, 4) is 0 Å². The molecular weight excluding hydrogens is 885 g/mol. The van der Waals surface area contributed by atoms with Gasteiger partial charge in [-0.3, -0.25) is 0 Å². The highest BCUT2D eigenvalue weighted by molar-refractivity contribution is 7.80. The van der Waals surface area contributed by atoms with Crippen LogP contribution in [0.15, 0.2) is 24.3 Å². The van der Waals surface area contributed by atoms with E-state index >= 15 is 0 Å². The van der Waals surface area contributed by atoms with E-state index < -0.39 is 49.0 Å². The average molecular weight is 994 g/mol. The fraction of sp³-hybridized carbons (Fsp3) is 0.879. The molecule has 10 nitrogen and oxygen atoms in total. The Labute approximate surface area is 428 Å². The maximum atomic E-state index is 11.4. The number of hydrogen-bond donors (Lipinski definition) is 7. The first-order valence-corrected chi connectivity index (χ1v) is 29.5. The van der Waals surface area contributed by atoms with Gasteiger partial charge in [0.05, 0.1) is 24.9 Å². The molecule has 1 aromatic rings. The van der Waals surface area contributed by atoms with E-state index in [4.69, 9.17) is 26.4 Å². The second-order valence-electron chi connectivity index (χ2n) is 20.9. The highest BCUT2D eigenvalue weighted by Crippen LogP contribution is 2.24. The van der Waals surface area contributed by atoms with Crippen LogP contribution in [0.25, 0.3) is 0 Å². The SMILES string of the molecule is CCCCCCCCCCCCCCCCCCCCCCCCCCN[C@@H](CO[C@@H]1O[C@H](COC(=S)Nc2cccc(C)c2)[C@H](O)[C@H](O)[C@H]1O)[C@H](O)[C@H](O)CCCCCCCCCCCCCC. The zero-order valence-electron chi connectivity index (χ0n) is 44.6. The van der Waals surface area contributed by atoms with Crippen LogP contribution in [0, 0.1) is 6.92 Å². The van der Waals surface area contributed by atoms with Gasteiger partial charge in [-0.25, -0.2) is 0 Å². The number of ether oxygens (including phenoxy) is 3. The Kier molecular flexibility index (Phi) is 40.7. The third kappa shape index (κ3) is 33.1. The van der Waals surface area contributed by atoms with Gasteiger partial charge >= 0.3 is 0 Å². The van der Waals surface area contributed by atoms with Crippen molar-refractivity contribution in [1.29, 1.82) is 0 Å². The van der Waals surface area contributed by atoms with E-state index in [0.717, 1.165) is 43.4 Å². The van der Waals surface area contributed by atoms with Crippen LogP contribution in [0.5, 0.6) is 0 Å². The van der Waals surface area contributed by atoms with E-state index in [1.165, 1.54) is 199 Å². The molecule has 7 N–H and O–H groups in total. The molecule has 0 aromatic heterocycles. The minimum Gasteiger partial charge on any atom is -0.468 e. The molecule has 0 amide bonds. The number of aliphatic hydroxyl groups excluding tert-OH is 5. The van der Waals surface area contributed by atoms with E-state index in [1.54, 1.807) is 0 Å². The fourth-order valence-electron chi connectivity index (χ4n) is 9.71. The monoisotopic (exact) mass is 993 g/mol. The van der Waals surface area contributed by atoms with Gasteiger partial charge in [0.2, 0.25) is 0 Å². The first kappa shape index (κ1) is 63.7. The molecular formula is C58H108N2O8S. The van der Waals surface area contributed by atoms with Crippen LogP contribution in [0.2, 0.25) is 0 Å². The minimum absolute atomic E-state index is 0.0739. The average Bonchev–Trinajstić information content (AvgIpc) is 3.34. The summed E-state index contributed by atoms with van der Waals surface area (Å²) in [6.07, 6.45) is 38.6. The summed E-state index contributed by atoms with van der Waals surface area (Å²) in [4.78, 5) is 0. The lowest BCUT2D eigenvalue weighted by Gasteiger charge is -2.40. The molecule has 1 heterocycles. The number of thiocarbonyl (C=S) groups is 1.